The van der Waals surface area contributed by atoms with E-state index in [9.17, 15) is 8.78 Å². The van der Waals surface area contributed by atoms with Gasteiger partial charge in [-0.25, -0.2) is 0 Å². The summed E-state index contributed by atoms with van der Waals surface area (Å²) in [6, 6.07) is 10.4. The highest BCUT2D eigenvalue weighted by atomic mass is 19.3. The molecular weight excluding hydrogens is 242 g/mol. The zero-order valence-corrected chi connectivity index (χ0v) is 12.1. The summed E-state index contributed by atoms with van der Waals surface area (Å²) >= 11 is 0. The maximum atomic E-state index is 12.2. The lowest BCUT2D eigenvalue weighted by Gasteiger charge is -2.29. The molecule has 0 spiro atoms. The number of rotatable bonds is 7. The van der Waals surface area contributed by atoms with E-state index in [0.29, 0.717) is 18.3 Å². The highest BCUT2D eigenvalue weighted by Gasteiger charge is 2.23. The molecule has 3 atom stereocenters. The van der Waals surface area contributed by atoms with Crippen molar-refractivity contribution in [2.24, 2.45) is 11.8 Å². The lowest BCUT2D eigenvalue weighted by Crippen LogP contribution is -2.18. The van der Waals surface area contributed by atoms with Gasteiger partial charge >= 0.3 is 0 Å². The van der Waals surface area contributed by atoms with Crippen LogP contribution in [0.1, 0.15) is 51.5 Å². The molecule has 1 aromatic rings. The summed E-state index contributed by atoms with van der Waals surface area (Å²) in [4.78, 5) is 0. The Morgan fingerprint density at radius 1 is 1.16 bits per heavy atom. The van der Waals surface area contributed by atoms with Gasteiger partial charge in [0.1, 0.15) is 0 Å². The molecule has 0 fully saturated rings. The fourth-order valence-electron chi connectivity index (χ4n) is 2.81. The minimum atomic E-state index is -1.56. The Bertz CT molecular complexity index is 380. The predicted octanol–water partition coefficient (Wildman–Crippen LogP) is 6.01. The van der Waals surface area contributed by atoms with Crippen molar-refractivity contribution in [3.8, 4) is 0 Å². The summed E-state index contributed by atoms with van der Waals surface area (Å²) in [5.74, 6) is 1.13. The molecule has 0 saturated heterocycles. The summed E-state index contributed by atoms with van der Waals surface area (Å²) < 4.78 is 24.5. The molecule has 0 aliphatic rings. The smallest absolute Gasteiger partial charge is 0.174 e. The Kier molecular flexibility index (Phi) is 6.75. The molecule has 0 amide bonds. The van der Waals surface area contributed by atoms with Crippen LogP contribution in [0.5, 0.6) is 0 Å². The normalized spacial score (nSPS) is 15.6. The predicted molar refractivity (Wildman–Crippen MR) is 77.3 cm³/mol. The van der Waals surface area contributed by atoms with Crippen LogP contribution in [0, 0.1) is 11.8 Å². The Morgan fingerprint density at radius 3 is 2.32 bits per heavy atom. The number of hydrogen-bond acceptors (Lipinski definition) is 0. The highest BCUT2D eigenvalue weighted by Crippen LogP contribution is 2.35. The SMILES string of the molecule is CCCC(C(C)CC=C(F)F)C(C)c1ccccc1. The molecule has 0 saturated carbocycles. The topological polar surface area (TPSA) is 0 Å². The van der Waals surface area contributed by atoms with Crippen molar-refractivity contribution in [1.82, 2.24) is 0 Å². The van der Waals surface area contributed by atoms with Gasteiger partial charge < -0.3 is 0 Å². The maximum Gasteiger partial charge on any atom is 0.266 e. The molecule has 106 valence electrons. The molecule has 1 aromatic carbocycles. The lowest BCUT2D eigenvalue weighted by molar-refractivity contribution is 0.286. The average Bonchev–Trinajstić information content (AvgIpc) is 2.42. The molecule has 0 nitrogen and oxygen atoms in total. The average molecular weight is 266 g/mol. The third kappa shape index (κ3) is 5.14. The second-order valence-corrected chi connectivity index (χ2v) is 5.36. The van der Waals surface area contributed by atoms with Gasteiger partial charge in [-0.1, -0.05) is 57.5 Å². The van der Waals surface area contributed by atoms with E-state index in [1.807, 2.05) is 18.2 Å². The van der Waals surface area contributed by atoms with E-state index >= 15 is 0 Å². The van der Waals surface area contributed by atoms with Crippen molar-refractivity contribution in [3.05, 3.63) is 48.1 Å². The molecule has 0 N–H and O–H groups in total. The summed E-state index contributed by atoms with van der Waals surface area (Å²) in [6.07, 6.45) is 2.14. The second kappa shape index (κ2) is 8.08. The third-order valence-electron chi connectivity index (χ3n) is 3.96. The Hall–Kier alpha value is -1.18. The Morgan fingerprint density at radius 2 is 1.79 bits per heavy atom. The zero-order valence-electron chi connectivity index (χ0n) is 12.1. The largest absolute Gasteiger partial charge is 0.266 e. The van der Waals surface area contributed by atoms with E-state index < -0.39 is 6.08 Å². The molecule has 2 heteroatoms. The summed E-state index contributed by atoms with van der Waals surface area (Å²) in [5.41, 5.74) is 1.30. The van der Waals surface area contributed by atoms with Crippen LogP contribution in [0.3, 0.4) is 0 Å². The number of allylic oxidation sites excluding steroid dienone is 1. The minimum absolute atomic E-state index is 0.275. The molecule has 0 bridgehead atoms. The third-order valence-corrected chi connectivity index (χ3v) is 3.96. The standard InChI is InChI=1S/C17H24F2/c1-4-8-16(13(2)11-12-17(18)19)14(3)15-9-6-5-7-10-15/h5-7,9-10,12-14,16H,4,8,11H2,1-3H3. The van der Waals surface area contributed by atoms with E-state index in [1.165, 1.54) is 5.56 Å². The van der Waals surface area contributed by atoms with E-state index in [4.69, 9.17) is 0 Å². The van der Waals surface area contributed by atoms with E-state index in [2.05, 4.69) is 32.9 Å². The van der Waals surface area contributed by atoms with Gasteiger partial charge in [0.05, 0.1) is 0 Å². The van der Waals surface area contributed by atoms with Crippen LogP contribution in [0.25, 0.3) is 0 Å². The number of hydrogen-bond donors (Lipinski definition) is 0. The first-order chi connectivity index (χ1) is 9.06. The molecule has 19 heavy (non-hydrogen) atoms. The van der Waals surface area contributed by atoms with Crippen LogP contribution in [0.15, 0.2) is 42.5 Å². The first kappa shape index (κ1) is 15.9. The van der Waals surface area contributed by atoms with Gasteiger partial charge in [0.15, 0.2) is 0 Å². The summed E-state index contributed by atoms with van der Waals surface area (Å²) in [5, 5.41) is 0. The van der Waals surface area contributed by atoms with Crippen LogP contribution >= 0.6 is 0 Å². The second-order valence-electron chi connectivity index (χ2n) is 5.36. The molecule has 0 radical (unpaired) electrons. The van der Waals surface area contributed by atoms with Crippen molar-refractivity contribution in [2.45, 2.75) is 46.0 Å². The van der Waals surface area contributed by atoms with Gasteiger partial charge in [0.25, 0.3) is 6.08 Å². The lowest BCUT2D eigenvalue weighted by atomic mass is 9.76. The van der Waals surface area contributed by atoms with Gasteiger partial charge in [-0.15, -0.1) is 0 Å². The van der Waals surface area contributed by atoms with Crippen molar-refractivity contribution in [2.75, 3.05) is 0 Å². The van der Waals surface area contributed by atoms with E-state index in [1.54, 1.807) is 0 Å². The monoisotopic (exact) mass is 266 g/mol. The van der Waals surface area contributed by atoms with E-state index in [0.717, 1.165) is 18.9 Å². The summed E-state index contributed by atoms with van der Waals surface area (Å²) in [7, 11) is 0. The quantitative estimate of drug-likeness (QED) is 0.566. The van der Waals surface area contributed by atoms with Gasteiger partial charge in [0.2, 0.25) is 0 Å². The van der Waals surface area contributed by atoms with Crippen molar-refractivity contribution in [3.63, 3.8) is 0 Å². The fraction of sp³-hybridized carbons (Fsp3) is 0.529. The first-order valence-electron chi connectivity index (χ1n) is 7.12. The first-order valence-corrected chi connectivity index (χ1v) is 7.12. The van der Waals surface area contributed by atoms with Gasteiger partial charge in [-0.2, -0.15) is 8.78 Å². The van der Waals surface area contributed by atoms with Crippen molar-refractivity contribution >= 4 is 0 Å². The molecule has 1 rings (SSSR count). The molecule has 0 aliphatic carbocycles. The summed E-state index contributed by atoms with van der Waals surface area (Å²) in [6.45, 7) is 6.45. The molecule has 3 unspecified atom stereocenters. The molecular formula is C17H24F2. The highest BCUT2D eigenvalue weighted by molar-refractivity contribution is 5.19. The van der Waals surface area contributed by atoms with Crippen molar-refractivity contribution < 1.29 is 8.78 Å². The number of halogens is 2. The van der Waals surface area contributed by atoms with Crippen molar-refractivity contribution in [1.29, 1.82) is 0 Å². The van der Waals surface area contributed by atoms with Gasteiger partial charge in [-0.05, 0) is 42.2 Å². The van der Waals surface area contributed by atoms with Crippen LogP contribution in [-0.4, -0.2) is 0 Å². The van der Waals surface area contributed by atoms with Crippen LogP contribution < -0.4 is 0 Å². The van der Waals surface area contributed by atoms with Crippen LogP contribution in [-0.2, 0) is 0 Å². The van der Waals surface area contributed by atoms with Gasteiger partial charge in [-0.3, -0.25) is 0 Å². The fourth-order valence-corrected chi connectivity index (χ4v) is 2.81. The molecule has 0 heterocycles. The molecule has 0 aliphatic heterocycles. The molecule has 0 aromatic heterocycles. The maximum absolute atomic E-state index is 12.2. The zero-order chi connectivity index (χ0) is 14.3. The minimum Gasteiger partial charge on any atom is -0.174 e. The van der Waals surface area contributed by atoms with E-state index in [-0.39, 0.29) is 5.92 Å². The van der Waals surface area contributed by atoms with Crippen LogP contribution in [0.2, 0.25) is 0 Å². The Labute approximate surface area is 115 Å². The van der Waals surface area contributed by atoms with Crippen LogP contribution in [0.4, 0.5) is 8.78 Å². The Balaban J connectivity index is 2.78. The number of benzene rings is 1. The van der Waals surface area contributed by atoms with Gasteiger partial charge in [0, 0.05) is 0 Å².